The van der Waals surface area contributed by atoms with E-state index in [0.29, 0.717) is 50.2 Å². The SMILES string of the molecule is CCOC(=O)N1CCN(C(=O)c2cc(Nc3cc(C)on3)ncn2)CC1. The zero-order chi connectivity index (χ0) is 18.5. The van der Waals surface area contributed by atoms with Crippen LogP contribution in [0.3, 0.4) is 0 Å². The Labute approximate surface area is 150 Å². The summed E-state index contributed by atoms with van der Waals surface area (Å²) in [6.07, 6.45) is 0.966. The number of rotatable bonds is 4. The molecule has 3 heterocycles. The van der Waals surface area contributed by atoms with E-state index >= 15 is 0 Å². The van der Waals surface area contributed by atoms with Crippen molar-refractivity contribution < 1.29 is 18.8 Å². The number of aromatic nitrogens is 3. The Morgan fingerprint density at radius 1 is 1.15 bits per heavy atom. The molecule has 2 aromatic rings. The average molecular weight is 360 g/mol. The van der Waals surface area contributed by atoms with E-state index in [1.807, 2.05) is 0 Å². The second-order valence-electron chi connectivity index (χ2n) is 5.71. The third-order valence-electron chi connectivity index (χ3n) is 3.86. The van der Waals surface area contributed by atoms with Crippen molar-refractivity contribution in [3.05, 3.63) is 29.9 Å². The first kappa shape index (κ1) is 17.6. The number of aryl methyl sites for hydroxylation is 1. The summed E-state index contributed by atoms with van der Waals surface area (Å²) in [5.41, 5.74) is 0.271. The molecule has 1 N–H and O–H groups in total. The first-order chi connectivity index (χ1) is 12.6. The quantitative estimate of drug-likeness (QED) is 0.871. The van der Waals surface area contributed by atoms with Crippen molar-refractivity contribution in [1.82, 2.24) is 24.9 Å². The highest BCUT2D eigenvalue weighted by atomic mass is 16.6. The molecule has 10 nitrogen and oxygen atoms in total. The number of hydrogen-bond donors (Lipinski definition) is 1. The molecule has 0 bridgehead atoms. The van der Waals surface area contributed by atoms with Gasteiger partial charge in [0.25, 0.3) is 5.91 Å². The third-order valence-corrected chi connectivity index (χ3v) is 3.86. The monoisotopic (exact) mass is 360 g/mol. The maximum Gasteiger partial charge on any atom is 0.409 e. The molecule has 0 aromatic carbocycles. The fraction of sp³-hybridized carbons (Fsp3) is 0.438. The predicted octanol–water partition coefficient (Wildman–Crippen LogP) is 1.43. The molecule has 0 aliphatic carbocycles. The molecular formula is C16H20N6O4. The second kappa shape index (κ2) is 7.81. The highest BCUT2D eigenvalue weighted by Crippen LogP contribution is 2.15. The highest BCUT2D eigenvalue weighted by molar-refractivity contribution is 5.93. The van der Waals surface area contributed by atoms with Crippen molar-refractivity contribution in [2.45, 2.75) is 13.8 Å². The van der Waals surface area contributed by atoms with Crippen LogP contribution in [0.25, 0.3) is 0 Å². The van der Waals surface area contributed by atoms with Crippen LogP contribution in [0.15, 0.2) is 23.0 Å². The lowest BCUT2D eigenvalue weighted by atomic mass is 10.2. The number of piperazine rings is 1. The Morgan fingerprint density at radius 3 is 2.54 bits per heavy atom. The number of ether oxygens (including phenoxy) is 1. The molecule has 1 saturated heterocycles. The standard InChI is InChI=1S/C16H20N6O4/c1-3-25-16(24)22-6-4-21(5-7-22)15(23)12-9-13(18-10-17-12)19-14-8-11(2)26-20-14/h8-10H,3-7H2,1-2H3,(H,17,18,19,20). The van der Waals surface area contributed by atoms with Crippen molar-refractivity contribution in [3.8, 4) is 0 Å². The fourth-order valence-electron chi connectivity index (χ4n) is 2.57. The Kier molecular flexibility index (Phi) is 5.30. The fourth-order valence-corrected chi connectivity index (χ4v) is 2.57. The number of nitrogens with zero attached hydrogens (tertiary/aromatic N) is 5. The maximum atomic E-state index is 12.6. The minimum absolute atomic E-state index is 0.213. The Bertz CT molecular complexity index is 785. The largest absolute Gasteiger partial charge is 0.450 e. The molecule has 0 saturated carbocycles. The lowest BCUT2D eigenvalue weighted by molar-refractivity contribution is 0.0566. The van der Waals surface area contributed by atoms with E-state index in [2.05, 4.69) is 20.4 Å². The van der Waals surface area contributed by atoms with Gasteiger partial charge in [-0.1, -0.05) is 5.16 Å². The number of anilines is 2. The minimum Gasteiger partial charge on any atom is -0.450 e. The first-order valence-corrected chi connectivity index (χ1v) is 8.30. The number of hydrogen-bond acceptors (Lipinski definition) is 8. The third kappa shape index (κ3) is 4.08. The van der Waals surface area contributed by atoms with Gasteiger partial charge in [-0.25, -0.2) is 14.8 Å². The van der Waals surface area contributed by atoms with Gasteiger partial charge in [0.2, 0.25) is 0 Å². The van der Waals surface area contributed by atoms with Crippen LogP contribution < -0.4 is 5.32 Å². The van der Waals surface area contributed by atoms with Crippen molar-refractivity contribution in [1.29, 1.82) is 0 Å². The van der Waals surface area contributed by atoms with Gasteiger partial charge in [-0.15, -0.1) is 0 Å². The molecule has 0 unspecified atom stereocenters. The van der Waals surface area contributed by atoms with Gasteiger partial charge < -0.3 is 24.4 Å². The van der Waals surface area contributed by atoms with Crippen LogP contribution in [0.2, 0.25) is 0 Å². The van der Waals surface area contributed by atoms with Crippen LogP contribution in [0.5, 0.6) is 0 Å². The van der Waals surface area contributed by atoms with E-state index in [4.69, 9.17) is 9.26 Å². The Balaban J connectivity index is 1.61. The molecule has 0 radical (unpaired) electrons. The van der Waals surface area contributed by atoms with Crippen LogP contribution in [-0.4, -0.2) is 69.7 Å². The lowest BCUT2D eigenvalue weighted by Crippen LogP contribution is -2.50. The predicted molar refractivity (Wildman–Crippen MR) is 91.1 cm³/mol. The van der Waals surface area contributed by atoms with Crippen molar-refractivity contribution in [2.75, 3.05) is 38.1 Å². The van der Waals surface area contributed by atoms with Gasteiger partial charge in [-0.05, 0) is 13.8 Å². The minimum atomic E-state index is -0.351. The van der Waals surface area contributed by atoms with Crippen molar-refractivity contribution in [3.63, 3.8) is 0 Å². The van der Waals surface area contributed by atoms with Crippen LogP contribution >= 0.6 is 0 Å². The van der Waals surface area contributed by atoms with Gasteiger partial charge >= 0.3 is 6.09 Å². The Morgan fingerprint density at radius 2 is 1.88 bits per heavy atom. The summed E-state index contributed by atoms with van der Waals surface area (Å²) in [6.45, 7) is 5.58. The van der Waals surface area contributed by atoms with Crippen molar-refractivity contribution in [2.24, 2.45) is 0 Å². The van der Waals surface area contributed by atoms with Crippen LogP contribution in [-0.2, 0) is 4.74 Å². The van der Waals surface area contributed by atoms with Crippen LogP contribution in [0, 0.1) is 6.92 Å². The van der Waals surface area contributed by atoms with E-state index in [-0.39, 0.29) is 17.7 Å². The topological polar surface area (TPSA) is 114 Å². The normalized spacial score (nSPS) is 14.2. The summed E-state index contributed by atoms with van der Waals surface area (Å²) in [5, 5.41) is 6.79. The molecule has 1 fully saturated rings. The molecule has 138 valence electrons. The summed E-state index contributed by atoms with van der Waals surface area (Å²) < 4.78 is 9.96. The molecule has 26 heavy (non-hydrogen) atoms. The van der Waals surface area contributed by atoms with Gasteiger partial charge in [-0.2, -0.15) is 0 Å². The summed E-state index contributed by atoms with van der Waals surface area (Å²) in [5.74, 6) is 1.40. The summed E-state index contributed by atoms with van der Waals surface area (Å²) in [7, 11) is 0. The van der Waals surface area contributed by atoms with Gasteiger partial charge in [-0.3, -0.25) is 4.79 Å². The zero-order valence-corrected chi connectivity index (χ0v) is 14.6. The number of carbonyl (C=O) groups excluding carboxylic acids is 2. The van der Waals surface area contributed by atoms with Gasteiger partial charge in [0, 0.05) is 38.3 Å². The second-order valence-corrected chi connectivity index (χ2v) is 5.71. The molecule has 2 amide bonds. The molecular weight excluding hydrogens is 340 g/mol. The number of amides is 2. The molecule has 2 aromatic heterocycles. The molecule has 3 rings (SSSR count). The first-order valence-electron chi connectivity index (χ1n) is 8.30. The number of carbonyl (C=O) groups is 2. The van der Waals surface area contributed by atoms with E-state index < -0.39 is 0 Å². The van der Waals surface area contributed by atoms with Gasteiger partial charge in [0.15, 0.2) is 5.82 Å². The summed E-state index contributed by atoms with van der Waals surface area (Å²) in [4.78, 5) is 35.8. The lowest BCUT2D eigenvalue weighted by Gasteiger charge is -2.33. The van der Waals surface area contributed by atoms with E-state index in [9.17, 15) is 9.59 Å². The molecule has 0 spiro atoms. The van der Waals surface area contributed by atoms with E-state index in [0.717, 1.165) is 0 Å². The molecule has 0 atom stereocenters. The van der Waals surface area contributed by atoms with E-state index in [1.165, 1.54) is 6.33 Å². The van der Waals surface area contributed by atoms with Crippen LogP contribution in [0.1, 0.15) is 23.2 Å². The summed E-state index contributed by atoms with van der Waals surface area (Å²) >= 11 is 0. The van der Waals surface area contributed by atoms with E-state index in [1.54, 1.807) is 35.8 Å². The summed E-state index contributed by atoms with van der Waals surface area (Å²) in [6, 6.07) is 3.28. The zero-order valence-electron chi connectivity index (χ0n) is 14.6. The average Bonchev–Trinajstić information content (AvgIpc) is 3.06. The van der Waals surface area contributed by atoms with Gasteiger partial charge in [0.05, 0.1) is 6.61 Å². The molecule has 10 heteroatoms. The van der Waals surface area contributed by atoms with Crippen molar-refractivity contribution >= 4 is 23.6 Å². The molecule has 1 aliphatic rings. The molecule has 1 aliphatic heterocycles. The highest BCUT2D eigenvalue weighted by Gasteiger charge is 2.26. The Hall–Kier alpha value is -3.17. The number of nitrogens with one attached hydrogen (secondary N) is 1. The smallest absolute Gasteiger partial charge is 0.409 e. The maximum absolute atomic E-state index is 12.6. The van der Waals surface area contributed by atoms with Crippen LogP contribution in [0.4, 0.5) is 16.4 Å². The van der Waals surface area contributed by atoms with Gasteiger partial charge in [0.1, 0.15) is 23.6 Å².